The Kier molecular flexibility index (Phi) is 3.98. The van der Waals surface area contributed by atoms with Gasteiger partial charge in [-0.1, -0.05) is 6.92 Å². The molecular formula is C11H15N7. The standard InChI is InChI=1S/C11H15N7/c1-2-9-16-10(5-11(17-9)18-12)14-6-8-3-4-13-7-15-8/h3-5,7H,2,6,12H2,1H3,(H2,14,16,17,18). The number of nitrogens with two attached hydrogens (primary N) is 1. The zero-order chi connectivity index (χ0) is 12.8. The lowest BCUT2D eigenvalue weighted by Gasteiger charge is -2.08. The van der Waals surface area contributed by atoms with E-state index in [1.165, 1.54) is 6.33 Å². The lowest BCUT2D eigenvalue weighted by Crippen LogP contribution is -2.12. The molecule has 0 radical (unpaired) electrons. The molecule has 0 aromatic carbocycles. The van der Waals surface area contributed by atoms with Crippen molar-refractivity contribution < 1.29 is 0 Å². The molecule has 0 saturated carbocycles. The van der Waals surface area contributed by atoms with E-state index in [9.17, 15) is 0 Å². The highest BCUT2D eigenvalue weighted by molar-refractivity contribution is 5.46. The maximum Gasteiger partial charge on any atom is 0.145 e. The lowest BCUT2D eigenvalue weighted by molar-refractivity contribution is 0.923. The van der Waals surface area contributed by atoms with Crippen LogP contribution in [0.4, 0.5) is 11.6 Å². The van der Waals surface area contributed by atoms with Gasteiger partial charge >= 0.3 is 0 Å². The predicted molar refractivity (Wildman–Crippen MR) is 68.6 cm³/mol. The van der Waals surface area contributed by atoms with Gasteiger partial charge in [-0.3, -0.25) is 0 Å². The van der Waals surface area contributed by atoms with Crippen LogP contribution in [0.5, 0.6) is 0 Å². The highest BCUT2D eigenvalue weighted by atomic mass is 15.3. The zero-order valence-corrected chi connectivity index (χ0v) is 10.1. The van der Waals surface area contributed by atoms with Gasteiger partial charge in [0.2, 0.25) is 0 Å². The van der Waals surface area contributed by atoms with Gasteiger partial charge < -0.3 is 10.7 Å². The second kappa shape index (κ2) is 5.87. The normalized spacial score (nSPS) is 10.1. The van der Waals surface area contributed by atoms with Crippen LogP contribution in [-0.4, -0.2) is 19.9 Å². The summed E-state index contributed by atoms with van der Waals surface area (Å²) >= 11 is 0. The third kappa shape index (κ3) is 3.11. The summed E-state index contributed by atoms with van der Waals surface area (Å²) in [5, 5.41) is 3.17. The van der Waals surface area contributed by atoms with Crippen LogP contribution in [0.25, 0.3) is 0 Å². The van der Waals surface area contributed by atoms with Gasteiger partial charge in [0.15, 0.2) is 0 Å². The number of nitrogens with one attached hydrogen (secondary N) is 2. The molecule has 18 heavy (non-hydrogen) atoms. The zero-order valence-electron chi connectivity index (χ0n) is 10.1. The Morgan fingerprint density at radius 2 is 2.11 bits per heavy atom. The van der Waals surface area contributed by atoms with Crippen molar-refractivity contribution in [3.8, 4) is 0 Å². The monoisotopic (exact) mass is 245 g/mol. The van der Waals surface area contributed by atoms with Gasteiger partial charge in [-0.2, -0.15) is 0 Å². The summed E-state index contributed by atoms with van der Waals surface area (Å²) in [6.07, 6.45) is 3.97. The van der Waals surface area contributed by atoms with E-state index in [1.54, 1.807) is 12.3 Å². The van der Waals surface area contributed by atoms with E-state index in [4.69, 9.17) is 5.84 Å². The van der Waals surface area contributed by atoms with Crippen molar-refractivity contribution in [3.63, 3.8) is 0 Å². The molecule has 0 saturated heterocycles. The molecule has 0 aliphatic carbocycles. The van der Waals surface area contributed by atoms with Gasteiger partial charge in [-0.25, -0.2) is 25.8 Å². The van der Waals surface area contributed by atoms with Crippen molar-refractivity contribution in [2.45, 2.75) is 19.9 Å². The molecule has 0 spiro atoms. The van der Waals surface area contributed by atoms with Crippen LogP contribution in [-0.2, 0) is 13.0 Å². The van der Waals surface area contributed by atoms with Gasteiger partial charge in [-0.05, 0) is 6.07 Å². The van der Waals surface area contributed by atoms with Crippen molar-refractivity contribution in [3.05, 3.63) is 36.2 Å². The molecule has 7 heteroatoms. The summed E-state index contributed by atoms with van der Waals surface area (Å²) in [5.41, 5.74) is 3.42. The van der Waals surface area contributed by atoms with E-state index in [1.807, 2.05) is 13.0 Å². The Hall–Kier alpha value is -2.28. The number of hydrogen-bond donors (Lipinski definition) is 3. The second-order valence-electron chi connectivity index (χ2n) is 3.61. The number of anilines is 2. The van der Waals surface area contributed by atoms with Crippen LogP contribution in [0.1, 0.15) is 18.4 Å². The van der Waals surface area contributed by atoms with Crippen LogP contribution >= 0.6 is 0 Å². The van der Waals surface area contributed by atoms with E-state index in [-0.39, 0.29) is 0 Å². The quantitative estimate of drug-likeness (QED) is 0.527. The van der Waals surface area contributed by atoms with Gasteiger partial charge in [0.1, 0.15) is 23.8 Å². The third-order valence-electron chi connectivity index (χ3n) is 2.33. The molecule has 0 fully saturated rings. The average molecular weight is 245 g/mol. The number of nitrogen functional groups attached to an aromatic ring is 1. The van der Waals surface area contributed by atoms with Crippen molar-refractivity contribution >= 4 is 11.6 Å². The maximum absolute atomic E-state index is 5.36. The molecule has 2 aromatic rings. The molecule has 0 unspecified atom stereocenters. The fraction of sp³-hybridized carbons (Fsp3) is 0.273. The smallest absolute Gasteiger partial charge is 0.145 e. The van der Waals surface area contributed by atoms with E-state index in [0.29, 0.717) is 18.2 Å². The molecular weight excluding hydrogens is 230 g/mol. The van der Waals surface area contributed by atoms with Gasteiger partial charge in [0.25, 0.3) is 0 Å². The number of rotatable bonds is 5. The molecule has 0 aliphatic rings. The summed E-state index contributed by atoms with van der Waals surface area (Å²) in [6.45, 7) is 2.57. The van der Waals surface area contributed by atoms with E-state index < -0.39 is 0 Å². The Bertz CT molecular complexity index is 478. The Labute approximate surface area is 105 Å². The summed E-state index contributed by atoms with van der Waals surface area (Å²) in [5.74, 6) is 7.40. The largest absolute Gasteiger partial charge is 0.364 e. The first-order valence-electron chi connectivity index (χ1n) is 5.65. The van der Waals surface area contributed by atoms with Crippen LogP contribution in [0.15, 0.2) is 24.7 Å². The Morgan fingerprint density at radius 3 is 2.78 bits per heavy atom. The molecule has 0 aliphatic heterocycles. The molecule has 2 aromatic heterocycles. The lowest BCUT2D eigenvalue weighted by atomic mass is 10.4. The molecule has 7 nitrogen and oxygen atoms in total. The second-order valence-corrected chi connectivity index (χ2v) is 3.61. The van der Waals surface area contributed by atoms with Crippen LogP contribution < -0.4 is 16.6 Å². The Morgan fingerprint density at radius 1 is 1.28 bits per heavy atom. The van der Waals surface area contributed by atoms with E-state index >= 15 is 0 Å². The van der Waals surface area contributed by atoms with Crippen LogP contribution in [0, 0.1) is 0 Å². The van der Waals surface area contributed by atoms with Gasteiger partial charge in [0.05, 0.1) is 12.2 Å². The molecule has 2 rings (SSSR count). The van der Waals surface area contributed by atoms with E-state index in [0.717, 1.165) is 17.9 Å². The summed E-state index contributed by atoms with van der Waals surface area (Å²) in [4.78, 5) is 16.6. The van der Waals surface area contributed by atoms with Crippen molar-refractivity contribution in [2.75, 3.05) is 10.7 Å². The average Bonchev–Trinajstić information content (AvgIpc) is 2.45. The highest BCUT2D eigenvalue weighted by Crippen LogP contribution is 2.11. The predicted octanol–water partition coefficient (Wildman–Crippen LogP) is 0.727. The molecule has 0 amide bonds. The minimum Gasteiger partial charge on any atom is -0.364 e. The summed E-state index contributed by atoms with van der Waals surface area (Å²) in [7, 11) is 0. The first-order valence-corrected chi connectivity index (χ1v) is 5.65. The first kappa shape index (κ1) is 12.2. The number of aryl methyl sites for hydroxylation is 1. The fourth-order valence-electron chi connectivity index (χ4n) is 1.42. The van der Waals surface area contributed by atoms with Crippen LogP contribution in [0.3, 0.4) is 0 Å². The molecule has 94 valence electrons. The molecule has 0 atom stereocenters. The number of hydrazine groups is 1. The summed E-state index contributed by atoms with van der Waals surface area (Å²) in [6, 6.07) is 3.59. The minimum absolute atomic E-state index is 0.576. The molecule has 0 bridgehead atoms. The van der Waals surface area contributed by atoms with E-state index in [2.05, 4.69) is 30.7 Å². The SMILES string of the molecule is CCc1nc(NN)cc(NCc2ccncn2)n1. The number of nitrogens with zero attached hydrogens (tertiary/aromatic N) is 4. The highest BCUT2D eigenvalue weighted by Gasteiger charge is 2.02. The Balaban J connectivity index is 2.09. The van der Waals surface area contributed by atoms with Crippen LogP contribution in [0.2, 0.25) is 0 Å². The van der Waals surface area contributed by atoms with Crippen molar-refractivity contribution in [1.82, 2.24) is 19.9 Å². The third-order valence-corrected chi connectivity index (χ3v) is 2.33. The maximum atomic E-state index is 5.36. The van der Waals surface area contributed by atoms with Crippen molar-refractivity contribution in [2.24, 2.45) is 5.84 Å². The number of hydrogen-bond acceptors (Lipinski definition) is 7. The molecule has 4 N–H and O–H groups in total. The number of aromatic nitrogens is 4. The van der Waals surface area contributed by atoms with Gasteiger partial charge in [-0.15, -0.1) is 0 Å². The first-order chi connectivity index (χ1) is 8.81. The minimum atomic E-state index is 0.576. The summed E-state index contributed by atoms with van der Waals surface area (Å²) < 4.78 is 0. The van der Waals surface area contributed by atoms with Gasteiger partial charge in [0, 0.05) is 18.7 Å². The topological polar surface area (TPSA) is 102 Å². The molecule has 2 heterocycles. The van der Waals surface area contributed by atoms with Crippen molar-refractivity contribution in [1.29, 1.82) is 0 Å². The fourth-order valence-corrected chi connectivity index (χ4v) is 1.42.